The molecule has 1 unspecified atom stereocenters. The Morgan fingerprint density at radius 2 is 1.67 bits per heavy atom. The number of nitrogens with zero attached hydrogens (tertiary/aromatic N) is 1. The van der Waals surface area contributed by atoms with Gasteiger partial charge in [-0.3, -0.25) is 4.90 Å². The summed E-state index contributed by atoms with van der Waals surface area (Å²) in [5.41, 5.74) is 5.41. The molecule has 1 aliphatic heterocycles. The molecule has 1 aliphatic carbocycles. The molecule has 0 aromatic heterocycles. The smallest absolute Gasteiger partial charge is 0.167 e. The number of likely N-dealkylation sites (tertiary alicyclic amines) is 1. The largest absolute Gasteiger partial charge is 0.497 e. The van der Waals surface area contributed by atoms with E-state index < -0.39 is 0 Å². The van der Waals surface area contributed by atoms with E-state index >= 15 is 4.39 Å². The van der Waals surface area contributed by atoms with Crippen LogP contribution in [0.3, 0.4) is 0 Å². The zero-order chi connectivity index (χ0) is 27.4. The van der Waals surface area contributed by atoms with Gasteiger partial charge in [0.1, 0.15) is 18.1 Å². The van der Waals surface area contributed by atoms with Gasteiger partial charge in [-0.1, -0.05) is 32.4 Å². The van der Waals surface area contributed by atoms with E-state index in [1.165, 1.54) is 42.0 Å². The maximum absolute atomic E-state index is 15.1. The summed E-state index contributed by atoms with van der Waals surface area (Å²) in [7, 11) is 3.38. The quantitative estimate of drug-likeness (QED) is 0.310. The molecule has 1 atom stereocenters. The van der Waals surface area contributed by atoms with Crippen LogP contribution in [0.5, 0.6) is 17.2 Å². The number of halogens is 1. The monoisotopic (exact) mass is 532 g/mol. The van der Waals surface area contributed by atoms with E-state index in [1.54, 1.807) is 20.3 Å². The van der Waals surface area contributed by atoms with E-state index in [0.717, 1.165) is 49.7 Å². The van der Waals surface area contributed by atoms with Crippen LogP contribution < -0.4 is 19.5 Å². The lowest BCUT2D eigenvalue weighted by Crippen LogP contribution is -2.33. The number of nitrogens with one attached hydrogen (secondary N) is 1. The molecule has 0 bridgehead atoms. The van der Waals surface area contributed by atoms with Crippen LogP contribution in [-0.4, -0.2) is 45.4 Å². The van der Waals surface area contributed by atoms with Crippen molar-refractivity contribution in [1.29, 1.82) is 0 Å². The van der Waals surface area contributed by atoms with E-state index in [9.17, 15) is 0 Å². The number of methoxy groups -OCH3 is 2. The number of ether oxygens (including phenoxy) is 3. The Labute approximate surface area is 232 Å². The van der Waals surface area contributed by atoms with E-state index in [0.29, 0.717) is 18.0 Å². The van der Waals surface area contributed by atoms with Gasteiger partial charge < -0.3 is 19.5 Å². The van der Waals surface area contributed by atoms with Gasteiger partial charge in [0, 0.05) is 30.1 Å². The molecule has 1 N–H and O–H groups in total. The van der Waals surface area contributed by atoms with Crippen molar-refractivity contribution in [2.24, 2.45) is 0 Å². The molecule has 0 saturated carbocycles. The third-order valence-corrected chi connectivity index (χ3v) is 8.54. The minimum absolute atomic E-state index is 0.0951. The summed E-state index contributed by atoms with van der Waals surface area (Å²) in [6.45, 7) is 8.16. The van der Waals surface area contributed by atoms with Crippen molar-refractivity contribution in [2.75, 3.05) is 45.8 Å². The molecule has 0 spiro atoms. The van der Waals surface area contributed by atoms with Gasteiger partial charge in [-0.2, -0.15) is 0 Å². The van der Waals surface area contributed by atoms with Gasteiger partial charge >= 0.3 is 0 Å². The Morgan fingerprint density at radius 1 is 0.923 bits per heavy atom. The summed E-state index contributed by atoms with van der Waals surface area (Å²) in [6.07, 6.45) is 5.76. The molecule has 5 rings (SSSR count). The highest BCUT2D eigenvalue weighted by Crippen LogP contribution is 2.50. The van der Waals surface area contributed by atoms with Crippen LogP contribution in [0.25, 0.3) is 0 Å². The van der Waals surface area contributed by atoms with Gasteiger partial charge in [0.25, 0.3) is 0 Å². The van der Waals surface area contributed by atoms with Crippen molar-refractivity contribution in [2.45, 2.75) is 57.3 Å². The molecule has 3 aromatic carbocycles. The summed E-state index contributed by atoms with van der Waals surface area (Å²) in [5, 5.41) is 3.50. The first-order chi connectivity index (χ1) is 18.9. The fourth-order valence-corrected chi connectivity index (χ4v) is 6.32. The van der Waals surface area contributed by atoms with Crippen LogP contribution in [0.1, 0.15) is 62.1 Å². The Morgan fingerprint density at radius 3 is 2.41 bits per heavy atom. The van der Waals surface area contributed by atoms with Crippen molar-refractivity contribution < 1.29 is 18.6 Å². The molecular formula is C33H41FN2O3. The average Bonchev–Trinajstić information content (AvgIpc) is 2.95. The van der Waals surface area contributed by atoms with Gasteiger partial charge in [0.15, 0.2) is 11.6 Å². The second kappa shape index (κ2) is 11.9. The molecule has 208 valence electrons. The number of benzene rings is 3. The maximum atomic E-state index is 15.1. The fraction of sp³-hybridized carbons (Fsp3) is 0.455. The van der Waals surface area contributed by atoms with Crippen LogP contribution in [0.15, 0.2) is 54.6 Å². The molecule has 5 nitrogen and oxygen atoms in total. The summed E-state index contributed by atoms with van der Waals surface area (Å²) >= 11 is 0. The standard InChI is InChI=1S/C33H41FN2O3/c1-33(2)28-14-11-25(37-3)20-23(28)8-13-29(33)27-12-10-26(38-4)22-31(27)35-24-9-15-32(30(34)21-24)39-19-18-36-16-6-5-7-17-36/h9-12,14-15,20-22,29,35H,5-8,13,16-19H2,1-4H3. The topological polar surface area (TPSA) is 43.0 Å². The van der Waals surface area contributed by atoms with Gasteiger partial charge in [-0.25, -0.2) is 4.39 Å². The molecule has 0 amide bonds. The predicted octanol–water partition coefficient (Wildman–Crippen LogP) is 7.46. The zero-order valence-corrected chi connectivity index (χ0v) is 23.7. The van der Waals surface area contributed by atoms with E-state index in [2.05, 4.69) is 48.3 Å². The summed E-state index contributed by atoms with van der Waals surface area (Å²) in [4.78, 5) is 2.39. The first kappa shape index (κ1) is 27.3. The molecule has 1 heterocycles. The van der Waals surface area contributed by atoms with Crippen molar-refractivity contribution in [1.82, 2.24) is 4.90 Å². The number of hydrogen-bond acceptors (Lipinski definition) is 5. The Hall–Kier alpha value is -3.25. The lowest BCUT2D eigenvalue weighted by atomic mass is 9.63. The van der Waals surface area contributed by atoms with E-state index in [-0.39, 0.29) is 17.2 Å². The van der Waals surface area contributed by atoms with E-state index in [4.69, 9.17) is 14.2 Å². The molecule has 2 aliphatic rings. The highest BCUT2D eigenvalue weighted by atomic mass is 19.1. The number of hydrogen-bond donors (Lipinski definition) is 1. The van der Waals surface area contributed by atoms with Crippen molar-refractivity contribution in [3.05, 3.63) is 77.1 Å². The van der Waals surface area contributed by atoms with Crippen LogP contribution in [-0.2, 0) is 11.8 Å². The Kier molecular flexibility index (Phi) is 8.31. The summed E-state index contributed by atoms with van der Waals surface area (Å²) in [5.74, 6) is 1.87. The number of aryl methyl sites for hydroxylation is 1. The molecule has 1 fully saturated rings. The van der Waals surface area contributed by atoms with Gasteiger partial charge in [0.05, 0.1) is 14.2 Å². The zero-order valence-electron chi connectivity index (χ0n) is 23.7. The second-order valence-electron chi connectivity index (χ2n) is 11.3. The van der Waals surface area contributed by atoms with E-state index in [1.807, 2.05) is 18.2 Å². The summed E-state index contributed by atoms with van der Waals surface area (Å²) < 4.78 is 31.9. The number of anilines is 2. The molecule has 0 radical (unpaired) electrons. The Balaban J connectivity index is 1.35. The van der Waals surface area contributed by atoms with Gasteiger partial charge in [-0.15, -0.1) is 0 Å². The third kappa shape index (κ3) is 6.01. The first-order valence-electron chi connectivity index (χ1n) is 14.2. The molecule has 39 heavy (non-hydrogen) atoms. The maximum Gasteiger partial charge on any atom is 0.167 e. The number of rotatable bonds is 9. The number of fused-ring (bicyclic) bond motifs is 1. The molecule has 3 aromatic rings. The van der Waals surface area contributed by atoms with Crippen LogP contribution in [0.2, 0.25) is 0 Å². The third-order valence-electron chi connectivity index (χ3n) is 8.54. The highest BCUT2D eigenvalue weighted by molar-refractivity contribution is 5.67. The van der Waals surface area contributed by atoms with Crippen molar-refractivity contribution >= 4 is 11.4 Å². The number of piperidine rings is 1. The summed E-state index contributed by atoms with van der Waals surface area (Å²) in [6, 6.07) is 17.7. The van der Waals surface area contributed by atoms with Crippen molar-refractivity contribution in [3.8, 4) is 17.2 Å². The van der Waals surface area contributed by atoms with Crippen LogP contribution in [0.4, 0.5) is 15.8 Å². The van der Waals surface area contributed by atoms with Crippen LogP contribution >= 0.6 is 0 Å². The second-order valence-corrected chi connectivity index (χ2v) is 11.3. The lowest BCUT2D eigenvalue weighted by molar-refractivity contribution is 0.180. The van der Waals surface area contributed by atoms with Crippen LogP contribution in [0, 0.1) is 5.82 Å². The predicted molar refractivity (Wildman–Crippen MR) is 156 cm³/mol. The first-order valence-corrected chi connectivity index (χ1v) is 14.2. The lowest BCUT2D eigenvalue weighted by Gasteiger charge is -2.42. The van der Waals surface area contributed by atoms with Crippen molar-refractivity contribution in [3.63, 3.8) is 0 Å². The molecular weight excluding hydrogens is 491 g/mol. The fourth-order valence-electron chi connectivity index (χ4n) is 6.32. The van der Waals surface area contributed by atoms with Gasteiger partial charge in [0.2, 0.25) is 0 Å². The Bertz CT molecular complexity index is 1290. The molecule has 6 heteroatoms. The average molecular weight is 533 g/mol. The minimum atomic E-state index is -0.357. The van der Waals surface area contributed by atoms with Gasteiger partial charge in [-0.05, 0) is 97.1 Å². The SMILES string of the molecule is COc1ccc2c(c1)CCC(c1ccc(OC)cc1Nc1ccc(OCCN3CCCCC3)c(F)c1)C2(C)C. The molecule has 1 saturated heterocycles. The normalized spacial score (nSPS) is 18.7. The minimum Gasteiger partial charge on any atom is -0.497 e. The highest BCUT2D eigenvalue weighted by Gasteiger charge is 2.38.